The van der Waals surface area contributed by atoms with Crippen molar-refractivity contribution in [3.63, 3.8) is 0 Å². The van der Waals surface area contributed by atoms with Crippen LogP contribution in [-0.2, 0) is 0 Å². The summed E-state index contributed by atoms with van der Waals surface area (Å²) < 4.78 is 0. The van der Waals surface area contributed by atoms with Gasteiger partial charge in [0, 0.05) is 0 Å². The standard InChI is InChI=1S/C21H35N.C15H25N/c1-16-3-7-18(8-4-16)19-11-13-21(15-22,14-12-19)20-9-5-17(2)6-10-20;1-12-3-5-13(6-4-12)14-7-9-15(2,11-16)10-8-14/h16-20H,3-14H2,1-2H3;12-14H,3-10H2,1-2H3. The summed E-state index contributed by atoms with van der Waals surface area (Å²) in [7, 11) is 0. The molecule has 2 heteroatoms. The van der Waals surface area contributed by atoms with Crippen molar-refractivity contribution in [2.75, 3.05) is 0 Å². The molecular formula is C36H60N2. The summed E-state index contributed by atoms with van der Waals surface area (Å²) in [4.78, 5) is 0. The molecule has 5 fully saturated rings. The van der Waals surface area contributed by atoms with Gasteiger partial charge in [-0.15, -0.1) is 0 Å². The maximum atomic E-state index is 9.94. The van der Waals surface area contributed by atoms with Gasteiger partial charge in [-0.2, -0.15) is 10.5 Å². The zero-order chi connectivity index (χ0) is 27.2. The average molecular weight is 521 g/mol. The minimum absolute atomic E-state index is 0.00153. The third-order valence-corrected chi connectivity index (χ3v) is 12.8. The van der Waals surface area contributed by atoms with Crippen LogP contribution in [-0.4, -0.2) is 0 Å². The van der Waals surface area contributed by atoms with Crippen LogP contribution in [0.25, 0.3) is 0 Å². The van der Waals surface area contributed by atoms with Gasteiger partial charge in [-0.1, -0.05) is 59.3 Å². The average Bonchev–Trinajstić information content (AvgIpc) is 2.95. The van der Waals surface area contributed by atoms with Crippen molar-refractivity contribution in [3.05, 3.63) is 0 Å². The van der Waals surface area contributed by atoms with E-state index in [1.807, 2.05) is 0 Å². The topological polar surface area (TPSA) is 47.6 Å². The van der Waals surface area contributed by atoms with Crippen molar-refractivity contribution in [2.45, 2.75) is 156 Å². The fraction of sp³-hybridized carbons (Fsp3) is 0.944. The van der Waals surface area contributed by atoms with E-state index in [1.165, 1.54) is 116 Å². The lowest BCUT2D eigenvalue weighted by Gasteiger charge is -2.45. The highest BCUT2D eigenvalue weighted by Crippen LogP contribution is 2.52. The fourth-order valence-corrected chi connectivity index (χ4v) is 9.43. The van der Waals surface area contributed by atoms with Gasteiger partial charge >= 0.3 is 0 Å². The zero-order valence-corrected chi connectivity index (χ0v) is 25.7. The molecule has 0 amide bonds. The Bertz CT molecular complexity index is 776. The predicted octanol–water partition coefficient (Wildman–Crippen LogP) is 10.9. The first-order valence-corrected chi connectivity index (χ1v) is 17.1. The SMILES string of the molecule is CC1CCC(C2CCC(C#N)(C3CCC(C)CC3)CC2)CC1.CC1CCC(C2CCC(C)(C#N)CC2)CC1. The smallest absolute Gasteiger partial charge is 0.0692 e. The van der Waals surface area contributed by atoms with Crippen molar-refractivity contribution in [1.82, 2.24) is 0 Å². The first-order chi connectivity index (χ1) is 18.3. The number of hydrogen-bond donors (Lipinski definition) is 0. The molecule has 38 heavy (non-hydrogen) atoms. The van der Waals surface area contributed by atoms with Crippen molar-refractivity contribution in [2.24, 2.45) is 58.2 Å². The second kappa shape index (κ2) is 13.6. The molecule has 5 aliphatic rings. The lowest BCUT2D eigenvalue weighted by atomic mass is 9.58. The van der Waals surface area contributed by atoms with Crippen LogP contribution in [0.5, 0.6) is 0 Å². The molecule has 0 aliphatic heterocycles. The maximum absolute atomic E-state index is 9.94. The Morgan fingerprint density at radius 2 is 0.789 bits per heavy atom. The van der Waals surface area contributed by atoms with Gasteiger partial charge in [0.15, 0.2) is 0 Å². The molecule has 0 saturated heterocycles. The summed E-state index contributed by atoms with van der Waals surface area (Å²) >= 11 is 0. The Balaban J connectivity index is 0.000000186. The summed E-state index contributed by atoms with van der Waals surface area (Å²) in [5.41, 5.74) is 0.0526. The molecule has 0 aromatic carbocycles. The number of hydrogen-bond acceptors (Lipinski definition) is 2. The fourth-order valence-electron chi connectivity index (χ4n) is 9.43. The van der Waals surface area contributed by atoms with Crippen molar-refractivity contribution in [3.8, 4) is 12.1 Å². The van der Waals surface area contributed by atoms with Gasteiger partial charge in [-0.05, 0) is 144 Å². The quantitative estimate of drug-likeness (QED) is 0.371. The molecule has 0 unspecified atom stereocenters. The van der Waals surface area contributed by atoms with Crippen LogP contribution in [0.1, 0.15) is 156 Å². The van der Waals surface area contributed by atoms with Crippen LogP contribution in [0, 0.1) is 80.8 Å². The summed E-state index contributed by atoms with van der Waals surface area (Å²) in [5, 5.41) is 19.1. The molecule has 5 saturated carbocycles. The summed E-state index contributed by atoms with van der Waals surface area (Å²) in [6, 6.07) is 5.34. The van der Waals surface area contributed by atoms with Crippen molar-refractivity contribution in [1.29, 1.82) is 10.5 Å². The van der Waals surface area contributed by atoms with Crippen LogP contribution in [0.2, 0.25) is 0 Å². The van der Waals surface area contributed by atoms with Gasteiger partial charge in [-0.25, -0.2) is 0 Å². The second-order valence-corrected chi connectivity index (χ2v) is 15.6. The molecule has 5 rings (SSSR count). The molecule has 0 heterocycles. The maximum Gasteiger partial charge on any atom is 0.0692 e. The predicted molar refractivity (Wildman–Crippen MR) is 159 cm³/mol. The third kappa shape index (κ3) is 7.58. The van der Waals surface area contributed by atoms with Crippen LogP contribution < -0.4 is 0 Å². The number of nitriles is 2. The third-order valence-electron chi connectivity index (χ3n) is 12.8. The van der Waals surface area contributed by atoms with Gasteiger partial charge in [0.2, 0.25) is 0 Å². The van der Waals surface area contributed by atoms with E-state index in [-0.39, 0.29) is 10.8 Å². The Morgan fingerprint density at radius 1 is 0.447 bits per heavy atom. The summed E-state index contributed by atoms with van der Waals surface area (Å²) in [6.07, 6.45) is 27.0. The van der Waals surface area contributed by atoms with E-state index in [0.29, 0.717) is 5.92 Å². The minimum atomic E-state index is -0.00153. The lowest BCUT2D eigenvalue weighted by Crippen LogP contribution is -2.37. The normalized spacial score (nSPS) is 46.1. The Hall–Kier alpha value is -1.02. The van der Waals surface area contributed by atoms with E-state index < -0.39 is 0 Å². The highest BCUT2D eigenvalue weighted by atomic mass is 14.5. The monoisotopic (exact) mass is 520 g/mol. The molecule has 0 N–H and O–H groups in total. The van der Waals surface area contributed by atoms with E-state index in [2.05, 4.69) is 39.8 Å². The van der Waals surface area contributed by atoms with Gasteiger partial charge in [0.25, 0.3) is 0 Å². The molecule has 5 aliphatic carbocycles. The first kappa shape index (κ1) is 30.0. The largest absolute Gasteiger partial charge is 0.198 e. The van der Waals surface area contributed by atoms with E-state index in [0.717, 1.165) is 54.3 Å². The highest BCUT2D eigenvalue weighted by molar-refractivity contribution is 5.06. The van der Waals surface area contributed by atoms with Crippen molar-refractivity contribution < 1.29 is 0 Å². The Kier molecular flexibility index (Phi) is 10.7. The minimum Gasteiger partial charge on any atom is -0.198 e. The first-order valence-electron chi connectivity index (χ1n) is 17.1. The van der Waals surface area contributed by atoms with Crippen LogP contribution in [0.3, 0.4) is 0 Å². The molecular weight excluding hydrogens is 460 g/mol. The van der Waals surface area contributed by atoms with E-state index in [1.54, 1.807) is 0 Å². The highest BCUT2D eigenvalue weighted by Gasteiger charge is 2.44. The molecule has 0 aromatic rings. The van der Waals surface area contributed by atoms with E-state index in [9.17, 15) is 5.26 Å². The Labute approximate surface area is 236 Å². The molecule has 2 nitrogen and oxygen atoms in total. The van der Waals surface area contributed by atoms with Crippen LogP contribution >= 0.6 is 0 Å². The van der Waals surface area contributed by atoms with Crippen LogP contribution in [0.4, 0.5) is 0 Å². The second-order valence-electron chi connectivity index (χ2n) is 15.6. The van der Waals surface area contributed by atoms with Crippen LogP contribution in [0.15, 0.2) is 0 Å². The van der Waals surface area contributed by atoms with E-state index in [4.69, 9.17) is 5.26 Å². The molecule has 0 spiro atoms. The van der Waals surface area contributed by atoms with Gasteiger partial charge < -0.3 is 0 Å². The lowest BCUT2D eigenvalue weighted by molar-refractivity contribution is 0.0641. The molecule has 0 bridgehead atoms. The summed E-state index contributed by atoms with van der Waals surface area (Å²) in [6.45, 7) is 9.34. The molecule has 0 radical (unpaired) electrons. The Morgan fingerprint density at radius 3 is 1.16 bits per heavy atom. The molecule has 214 valence electrons. The van der Waals surface area contributed by atoms with E-state index >= 15 is 0 Å². The van der Waals surface area contributed by atoms with Gasteiger partial charge in [0.05, 0.1) is 23.0 Å². The summed E-state index contributed by atoms with van der Waals surface area (Å²) in [5.74, 6) is 7.38. The number of rotatable bonds is 3. The zero-order valence-electron chi connectivity index (χ0n) is 25.7. The van der Waals surface area contributed by atoms with Gasteiger partial charge in [0.1, 0.15) is 0 Å². The number of nitrogens with zero attached hydrogens (tertiary/aromatic N) is 2. The molecule has 0 aromatic heterocycles. The van der Waals surface area contributed by atoms with Gasteiger partial charge in [-0.3, -0.25) is 0 Å². The molecule has 0 atom stereocenters. The van der Waals surface area contributed by atoms with Crippen molar-refractivity contribution >= 4 is 0 Å².